The minimum absolute atomic E-state index is 0.00376. The predicted octanol–water partition coefficient (Wildman–Crippen LogP) is 5.37. The summed E-state index contributed by atoms with van der Waals surface area (Å²) in [5.41, 5.74) is -0.772. The maximum absolute atomic E-state index is 14.0. The molecule has 22 heteroatoms. The Bertz CT molecular complexity index is 3080. The fraction of sp³-hybridized carbons (Fsp3) is 0.273. The number of aromatic carboxylic acids is 1. The van der Waals surface area contributed by atoms with Crippen molar-refractivity contribution in [1.82, 2.24) is 24.6 Å². The van der Waals surface area contributed by atoms with Crippen LogP contribution in [-0.4, -0.2) is 91.5 Å². The van der Waals surface area contributed by atoms with E-state index in [2.05, 4.69) is 25.4 Å². The van der Waals surface area contributed by atoms with Gasteiger partial charge in [0.25, 0.3) is 5.91 Å². The highest BCUT2D eigenvalue weighted by Crippen LogP contribution is 2.44. The number of esters is 1. The van der Waals surface area contributed by atoms with E-state index in [1.54, 1.807) is 55.7 Å². The Labute approximate surface area is 373 Å². The van der Waals surface area contributed by atoms with Crippen LogP contribution in [0.4, 0.5) is 5.82 Å². The van der Waals surface area contributed by atoms with E-state index < -0.39 is 66.6 Å². The van der Waals surface area contributed by atoms with Gasteiger partial charge in [-0.2, -0.15) is 0 Å². The summed E-state index contributed by atoms with van der Waals surface area (Å²) in [5, 5.41) is 25.2. The van der Waals surface area contributed by atoms with Crippen molar-refractivity contribution in [2.45, 2.75) is 58.6 Å². The number of anilines is 1. The fourth-order valence-electron chi connectivity index (χ4n) is 6.49. The molecule has 0 radical (unpaired) electrons. The number of amides is 1. The van der Waals surface area contributed by atoms with Gasteiger partial charge in [0.2, 0.25) is 5.76 Å². The molecule has 4 N–H and O–H groups in total. The lowest BCUT2D eigenvalue weighted by Gasteiger charge is -2.25. The molecule has 4 atom stereocenters. The number of carboxylic acids is 1. The number of hydrogen-bond acceptors (Lipinski definition) is 17. The molecule has 0 aliphatic rings. The lowest BCUT2D eigenvalue weighted by Crippen LogP contribution is -2.37. The highest BCUT2D eigenvalue weighted by molar-refractivity contribution is 7.57. The van der Waals surface area contributed by atoms with Gasteiger partial charge in [-0.1, -0.05) is 30.3 Å². The van der Waals surface area contributed by atoms with Crippen LogP contribution in [-0.2, 0) is 25.4 Å². The summed E-state index contributed by atoms with van der Waals surface area (Å²) in [4.78, 5) is 76.3. The van der Waals surface area contributed by atoms with E-state index in [-0.39, 0.29) is 76.4 Å². The Morgan fingerprint density at radius 3 is 2.06 bits per heavy atom. The standard InChI is InChI=1S/C44H43N6O15P/c1-24(2)62-44(57)26(4)49-66(58,65-28-10-6-5-7-11-28)23-61-25(3)18-50-22-47-39-40(45-21-46-41(39)50)48-42(54)35-16-29(52)37-31(12-8-14-33(37)63-35)59-19-27(51)20-60-32-13-9-15-34-38(32)30(53)17-36(64-34)43(55)56/h5-17,21-22,24-27,51H,18-20,23H2,1-4H3,(H,49,58)(H,55,56)(H,45,46,48,54)/t25-,26+,27?,66?/m1/s1. The summed E-state index contributed by atoms with van der Waals surface area (Å²) >= 11 is 0. The Morgan fingerprint density at radius 1 is 0.818 bits per heavy atom. The Hall–Kier alpha value is -7.45. The molecule has 2 unspecified atom stereocenters. The number of fused-ring (bicyclic) bond motifs is 3. The quantitative estimate of drug-likeness (QED) is 0.0552. The van der Waals surface area contributed by atoms with Crippen molar-refractivity contribution in [3.05, 3.63) is 123 Å². The second-order valence-corrected chi connectivity index (χ2v) is 17.1. The molecule has 7 rings (SSSR count). The molecule has 0 aliphatic heterocycles. The zero-order valence-corrected chi connectivity index (χ0v) is 36.6. The van der Waals surface area contributed by atoms with Gasteiger partial charge < -0.3 is 52.4 Å². The Kier molecular flexibility index (Phi) is 14.2. The summed E-state index contributed by atoms with van der Waals surface area (Å²) in [6.45, 7) is 6.09. The molecular weight excluding hydrogens is 883 g/mol. The number of aliphatic hydroxyl groups is 1. The van der Waals surface area contributed by atoms with E-state index in [0.717, 1.165) is 12.1 Å². The van der Waals surface area contributed by atoms with Gasteiger partial charge in [0.15, 0.2) is 33.6 Å². The van der Waals surface area contributed by atoms with E-state index in [1.807, 2.05) is 0 Å². The van der Waals surface area contributed by atoms with Crippen LogP contribution in [0.1, 0.15) is 48.8 Å². The van der Waals surface area contributed by atoms with Crippen LogP contribution in [0.3, 0.4) is 0 Å². The number of hydrogen-bond donors (Lipinski definition) is 4. The number of nitrogens with zero attached hydrogens (tertiary/aromatic N) is 4. The van der Waals surface area contributed by atoms with Crippen molar-refractivity contribution >= 4 is 64.3 Å². The number of para-hydroxylation sites is 1. The first-order valence-corrected chi connectivity index (χ1v) is 22.1. The van der Waals surface area contributed by atoms with Crippen molar-refractivity contribution in [3.63, 3.8) is 0 Å². The van der Waals surface area contributed by atoms with E-state index in [0.29, 0.717) is 11.4 Å². The summed E-state index contributed by atoms with van der Waals surface area (Å²) in [6, 6.07) is 18.1. The van der Waals surface area contributed by atoms with Gasteiger partial charge >= 0.3 is 19.5 Å². The molecule has 344 valence electrons. The fourth-order valence-corrected chi connectivity index (χ4v) is 8.28. The number of imidazole rings is 1. The molecule has 0 saturated heterocycles. The average molecular weight is 927 g/mol. The van der Waals surface area contributed by atoms with E-state index >= 15 is 0 Å². The third-order valence-electron chi connectivity index (χ3n) is 9.44. The summed E-state index contributed by atoms with van der Waals surface area (Å²) in [7, 11) is -3.84. The normalized spacial score (nSPS) is 13.8. The van der Waals surface area contributed by atoms with Crippen molar-refractivity contribution in [3.8, 4) is 17.2 Å². The van der Waals surface area contributed by atoms with Crippen LogP contribution >= 0.6 is 7.52 Å². The average Bonchev–Trinajstić information content (AvgIpc) is 3.69. The van der Waals surface area contributed by atoms with Gasteiger partial charge in [-0.15, -0.1) is 0 Å². The summed E-state index contributed by atoms with van der Waals surface area (Å²) in [6.07, 6.45) is 0.00525. The zero-order valence-electron chi connectivity index (χ0n) is 35.7. The van der Waals surface area contributed by atoms with Crippen molar-refractivity contribution in [2.24, 2.45) is 0 Å². The van der Waals surface area contributed by atoms with Gasteiger partial charge in [-0.05, 0) is 64.1 Å². The SMILES string of the molecule is CC(C)OC(=O)[C@H](C)NP(=O)(CO[C@H](C)Cn1cnc2c(NC(=O)c3cc(=O)c4c(OCC(O)COc5cccc6oc(C(=O)O)cc(=O)c56)cccc4o3)ncnc21)Oc1ccccc1. The first-order valence-electron chi connectivity index (χ1n) is 20.3. The van der Waals surface area contributed by atoms with E-state index in [9.17, 15) is 38.8 Å². The van der Waals surface area contributed by atoms with Crippen LogP contribution in [0, 0.1) is 0 Å². The molecule has 7 aromatic rings. The van der Waals surface area contributed by atoms with E-state index in [1.165, 1.54) is 56.0 Å². The lowest BCUT2D eigenvalue weighted by molar-refractivity contribution is -0.149. The Morgan fingerprint density at radius 2 is 1.44 bits per heavy atom. The highest BCUT2D eigenvalue weighted by Gasteiger charge is 2.32. The van der Waals surface area contributed by atoms with Crippen LogP contribution < -0.4 is 35.3 Å². The van der Waals surface area contributed by atoms with Gasteiger partial charge in [0.05, 0.1) is 25.1 Å². The molecule has 66 heavy (non-hydrogen) atoms. The van der Waals surface area contributed by atoms with Crippen LogP contribution in [0.2, 0.25) is 0 Å². The molecule has 0 saturated carbocycles. The number of carboxylic acid groups (broad SMARTS) is 1. The summed E-state index contributed by atoms with van der Waals surface area (Å²) in [5.74, 6) is -3.33. The molecule has 1 amide bonds. The van der Waals surface area contributed by atoms with Crippen LogP contribution in [0.15, 0.2) is 110 Å². The monoisotopic (exact) mass is 926 g/mol. The second-order valence-electron chi connectivity index (χ2n) is 15.1. The number of aromatic nitrogens is 4. The van der Waals surface area contributed by atoms with Gasteiger partial charge in [-0.25, -0.2) is 24.8 Å². The number of carbonyl (C=O) groups excluding carboxylic acids is 2. The topological polar surface area (TPSA) is 283 Å². The molecule has 0 spiro atoms. The number of rotatable bonds is 20. The smallest absolute Gasteiger partial charge is 0.371 e. The molecule has 21 nitrogen and oxygen atoms in total. The number of aliphatic hydroxyl groups excluding tert-OH is 1. The van der Waals surface area contributed by atoms with E-state index in [4.69, 9.17) is 32.3 Å². The number of ether oxygens (including phenoxy) is 4. The number of nitrogens with one attached hydrogen (secondary N) is 2. The van der Waals surface area contributed by atoms with Crippen LogP contribution in [0.25, 0.3) is 33.1 Å². The third kappa shape index (κ3) is 11.1. The van der Waals surface area contributed by atoms with Gasteiger partial charge in [0.1, 0.15) is 77.2 Å². The molecule has 0 aliphatic carbocycles. The lowest BCUT2D eigenvalue weighted by atomic mass is 10.2. The predicted molar refractivity (Wildman–Crippen MR) is 236 cm³/mol. The van der Waals surface area contributed by atoms with Crippen molar-refractivity contribution < 1.29 is 61.5 Å². The highest BCUT2D eigenvalue weighted by atomic mass is 31.2. The Balaban J connectivity index is 0.986. The molecule has 0 bridgehead atoms. The number of carbonyl (C=O) groups is 3. The van der Waals surface area contributed by atoms with Gasteiger partial charge in [-0.3, -0.25) is 23.7 Å². The number of benzene rings is 3. The molecule has 4 heterocycles. The molecule has 3 aromatic carbocycles. The first-order chi connectivity index (χ1) is 31.6. The maximum atomic E-state index is 14.0. The van der Waals surface area contributed by atoms with Gasteiger partial charge in [0, 0.05) is 12.1 Å². The molecular formula is C44H43N6O15P. The van der Waals surface area contributed by atoms with Crippen LogP contribution in [0.5, 0.6) is 17.2 Å². The minimum atomic E-state index is -3.84. The third-order valence-corrected chi connectivity index (χ3v) is 11.2. The zero-order chi connectivity index (χ0) is 47.1. The largest absolute Gasteiger partial charge is 0.490 e. The molecule has 4 aromatic heterocycles. The maximum Gasteiger partial charge on any atom is 0.371 e. The second kappa shape index (κ2) is 20.2. The minimum Gasteiger partial charge on any atom is -0.490 e. The summed E-state index contributed by atoms with van der Waals surface area (Å²) < 4.78 is 55.3. The van der Waals surface area contributed by atoms with Crippen molar-refractivity contribution in [1.29, 1.82) is 0 Å². The molecule has 0 fully saturated rings. The van der Waals surface area contributed by atoms with Crippen molar-refractivity contribution in [2.75, 3.05) is 24.9 Å². The first kappa shape index (κ1) is 46.5.